The number of anilines is 1. The Hall–Kier alpha value is -1.16. The SMILES string of the molecule is CC(C)c1ccc(N2CCCC(N)C2)nn1. The average molecular weight is 220 g/mol. The van der Waals surface area contributed by atoms with Crippen LogP contribution in [0.2, 0.25) is 0 Å². The van der Waals surface area contributed by atoms with E-state index in [1.165, 1.54) is 0 Å². The van der Waals surface area contributed by atoms with Gasteiger partial charge >= 0.3 is 0 Å². The van der Waals surface area contributed by atoms with Crippen molar-refractivity contribution in [3.05, 3.63) is 17.8 Å². The lowest BCUT2D eigenvalue weighted by molar-refractivity contribution is 0.501. The van der Waals surface area contributed by atoms with Crippen molar-refractivity contribution < 1.29 is 0 Å². The number of hydrogen-bond acceptors (Lipinski definition) is 4. The van der Waals surface area contributed by atoms with E-state index in [9.17, 15) is 0 Å². The molecule has 0 bridgehead atoms. The van der Waals surface area contributed by atoms with Gasteiger partial charge in [0.15, 0.2) is 5.82 Å². The third-order valence-electron chi connectivity index (χ3n) is 3.04. The Morgan fingerprint density at radius 3 is 2.75 bits per heavy atom. The molecule has 2 N–H and O–H groups in total. The first kappa shape index (κ1) is 11.3. The van der Waals surface area contributed by atoms with Crippen LogP contribution in [0.1, 0.15) is 38.3 Å². The molecule has 16 heavy (non-hydrogen) atoms. The zero-order valence-corrected chi connectivity index (χ0v) is 10.1. The maximum atomic E-state index is 5.95. The van der Waals surface area contributed by atoms with Gasteiger partial charge in [0.25, 0.3) is 0 Å². The molecular formula is C12H20N4. The molecule has 1 aliphatic rings. The minimum Gasteiger partial charge on any atom is -0.354 e. The number of rotatable bonds is 2. The first-order valence-electron chi connectivity index (χ1n) is 6.01. The summed E-state index contributed by atoms with van der Waals surface area (Å²) in [5.74, 6) is 1.39. The fourth-order valence-corrected chi connectivity index (χ4v) is 2.03. The van der Waals surface area contributed by atoms with Crippen LogP contribution in [-0.2, 0) is 0 Å². The zero-order valence-electron chi connectivity index (χ0n) is 10.1. The molecule has 0 saturated carbocycles. The molecule has 4 heteroatoms. The van der Waals surface area contributed by atoms with Gasteiger partial charge in [-0.15, -0.1) is 5.10 Å². The highest BCUT2D eigenvalue weighted by molar-refractivity contribution is 5.38. The standard InChI is InChI=1S/C12H20N4/c1-9(2)11-5-6-12(15-14-11)16-7-3-4-10(13)8-16/h5-6,9-10H,3-4,7-8,13H2,1-2H3. The monoisotopic (exact) mass is 220 g/mol. The minimum absolute atomic E-state index is 0.278. The van der Waals surface area contributed by atoms with Gasteiger partial charge in [-0.1, -0.05) is 13.8 Å². The van der Waals surface area contributed by atoms with Crippen LogP contribution in [0.5, 0.6) is 0 Å². The van der Waals surface area contributed by atoms with E-state index >= 15 is 0 Å². The Balaban J connectivity index is 2.09. The van der Waals surface area contributed by atoms with Crippen molar-refractivity contribution in [2.24, 2.45) is 5.73 Å². The van der Waals surface area contributed by atoms with E-state index in [4.69, 9.17) is 5.73 Å². The van der Waals surface area contributed by atoms with E-state index in [-0.39, 0.29) is 6.04 Å². The van der Waals surface area contributed by atoms with E-state index in [0.717, 1.165) is 37.4 Å². The van der Waals surface area contributed by atoms with Gasteiger partial charge in [-0.25, -0.2) is 0 Å². The van der Waals surface area contributed by atoms with E-state index < -0.39 is 0 Å². The zero-order chi connectivity index (χ0) is 11.5. The smallest absolute Gasteiger partial charge is 0.151 e. The predicted molar refractivity (Wildman–Crippen MR) is 65.5 cm³/mol. The summed E-state index contributed by atoms with van der Waals surface area (Å²) in [5.41, 5.74) is 7.00. The van der Waals surface area contributed by atoms with Gasteiger partial charge in [0.1, 0.15) is 0 Å². The van der Waals surface area contributed by atoms with E-state index in [1.807, 2.05) is 0 Å². The fourth-order valence-electron chi connectivity index (χ4n) is 2.03. The lowest BCUT2D eigenvalue weighted by Crippen LogP contribution is -2.43. The van der Waals surface area contributed by atoms with Gasteiger partial charge in [-0.05, 0) is 30.9 Å². The van der Waals surface area contributed by atoms with Crippen LogP contribution in [0, 0.1) is 0 Å². The van der Waals surface area contributed by atoms with Gasteiger partial charge in [0.2, 0.25) is 0 Å². The highest BCUT2D eigenvalue weighted by Gasteiger charge is 2.18. The predicted octanol–water partition coefficient (Wildman–Crippen LogP) is 1.53. The van der Waals surface area contributed by atoms with Gasteiger partial charge in [-0.3, -0.25) is 0 Å². The van der Waals surface area contributed by atoms with E-state index in [0.29, 0.717) is 5.92 Å². The molecule has 1 saturated heterocycles. The molecule has 88 valence electrons. The van der Waals surface area contributed by atoms with Crippen molar-refractivity contribution in [3.8, 4) is 0 Å². The molecule has 0 radical (unpaired) electrons. The second kappa shape index (κ2) is 4.78. The molecule has 4 nitrogen and oxygen atoms in total. The normalized spacial score (nSPS) is 21.5. The van der Waals surface area contributed by atoms with Crippen LogP contribution in [0.25, 0.3) is 0 Å². The lowest BCUT2D eigenvalue weighted by Gasteiger charge is -2.31. The van der Waals surface area contributed by atoms with Crippen LogP contribution >= 0.6 is 0 Å². The largest absolute Gasteiger partial charge is 0.354 e. The number of aromatic nitrogens is 2. The van der Waals surface area contributed by atoms with Crippen LogP contribution in [0.4, 0.5) is 5.82 Å². The summed E-state index contributed by atoms with van der Waals surface area (Å²) >= 11 is 0. The van der Waals surface area contributed by atoms with Crippen molar-refractivity contribution in [2.75, 3.05) is 18.0 Å². The van der Waals surface area contributed by atoms with E-state index in [2.05, 4.69) is 41.1 Å². The highest BCUT2D eigenvalue weighted by atomic mass is 15.3. The molecule has 1 unspecified atom stereocenters. The minimum atomic E-state index is 0.278. The molecule has 1 fully saturated rings. The Labute approximate surface area is 96.9 Å². The third kappa shape index (κ3) is 2.50. The number of piperidine rings is 1. The van der Waals surface area contributed by atoms with Crippen molar-refractivity contribution in [1.82, 2.24) is 10.2 Å². The van der Waals surface area contributed by atoms with Gasteiger partial charge in [-0.2, -0.15) is 5.10 Å². The second-order valence-electron chi connectivity index (χ2n) is 4.82. The Morgan fingerprint density at radius 1 is 1.38 bits per heavy atom. The summed E-state index contributed by atoms with van der Waals surface area (Å²) in [6.07, 6.45) is 2.27. The maximum Gasteiger partial charge on any atom is 0.151 e. The highest BCUT2D eigenvalue weighted by Crippen LogP contribution is 2.18. The Morgan fingerprint density at radius 2 is 2.19 bits per heavy atom. The molecule has 0 amide bonds. The van der Waals surface area contributed by atoms with Crippen LogP contribution < -0.4 is 10.6 Å². The number of nitrogens with zero attached hydrogens (tertiary/aromatic N) is 3. The summed E-state index contributed by atoms with van der Waals surface area (Å²) in [6, 6.07) is 4.40. The quantitative estimate of drug-likeness (QED) is 0.821. The Bertz CT molecular complexity index is 333. The summed E-state index contributed by atoms with van der Waals surface area (Å²) < 4.78 is 0. The summed E-state index contributed by atoms with van der Waals surface area (Å²) in [7, 11) is 0. The van der Waals surface area contributed by atoms with Gasteiger partial charge in [0, 0.05) is 19.1 Å². The van der Waals surface area contributed by atoms with Crippen molar-refractivity contribution in [3.63, 3.8) is 0 Å². The van der Waals surface area contributed by atoms with Crippen LogP contribution in [0.15, 0.2) is 12.1 Å². The summed E-state index contributed by atoms with van der Waals surface area (Å²) in [6.45, 7) is 6.19. The topological polar surface area (TPSA) is 55.0 Å². The number of nitrogens with two attached hydrogens (primary N) is 1. The van der Waals surface area contributed by atoms with Crippen molar-refractivity contribution >= 4 is 5.82 Å². The molecule has 0 aliphatic carbocycles. The maximum absolute atomic E-state index is 5.95. The fraction of sp³-hybridized carbons (Fsp3) is 0.667. The van der Waals surface area contributed by atoms with Gasteiger partial charge < -0.3 is 10.6 Å². The molecule has 0 aromatic carbocycles. The first-order chi connectivity index (χ1) is 7.66. The molecule has 1 atom stereocenters. The summed E-state index contributed by atoms with van der Waals surface area (Å²) in [5, 5.41) is 8.52. The number of hydrogen-bond donors (Lipinski definition) is 1. The molecule has 1 aromatic heterocycles. The molecule has 0 spiro atoms. The van der Waals surface area contributed by atoms with Crippen LogP contribution in [-0.4, -0.2) is 29.3 Å². The van der Waals surface area contributed by atoms with E-state index in [1.54, 1.807) is 0 Å². The average Bonchev–Trinajstić information content (AvgIpc) is 2.29. The third-order valence-corrected chi connectivity index (χ3v) is 3.04. The van der Waals surface area contributed by atoms with Crippen molar-refractivity contribution in [2.45, 2.75) is 38.6 Å². The summed E-state index contributed by atoms with van der Waals surface area (Å²) in [4.78, 5) is 2.23. The second-order valence-corrected chi connectivity index (χ2v) is 4.82. The molecule has 1 aromatic rings. The Kier molecular flexibility index (Phi) is 3.39. The molecule has 1 aliphatic heterocycles. The van der Waals surface area contributed by atoms with Gasteiger partial charge in [0.05, 0.1) is 5.69 Å². The molecule has 2 heterocycles. The van der Waals surface area contributed by atoms with Crippen molar-refractivity contribution in [1.29, 1.82) is 0 Å². The molecule has 2 rings (SSSR count). The lowest BCUT2D eigenvalue weighted by atomic mass is 10.1. The van der Waals surface area contributed by atoms with Crippen LogP contribution in [0.3, 0.4) is 0 Å². The molecular weight excluding hydrogens is 200 g/mol. The first-order valence-corrected chi connectivity index (χ1v) is 6.01.